The van der Waals surface area contributed by atoms with Crippen LogP contribution in [-0.4, -0.2) is 31.2 Å². The van der Waals surface area contributed by atoms with Crippen LogP contribution in [0.1, 0.15) is 28.6 Å². The van der Waals surface area contributed by atoms with Gasteiger partial charge in [0.25, 0.3) is 0 Å². The summed E-state index contributed by atoms with van der Waals surface area (Å²) in [6, 6.07) is 11.5. The third-order valence-electron chi connectivity index (χ3n) is 4.25. The quantitative estimate of drug-likeness (QED) is 0.783. The summed E-state index contributed by atoms with van der Waals surface area (Å²) in [5.74, 6) is -0.679. The van der Waals surface area contributed by atoms with E-state index < -0.39 is 28.4 Å². The van der Waals surface area contributed by atoms with Crippen molar-refractivity contribution in [2.75, 3.05) is 6.61 Å². The molecule has 130 valence electrons. The van der Waals surface area contributed by atoms with Crippen LogP contribution in [0, 0.1) is 5.82 Å². The van der Waals surface area contributed by atoms with E-state index in [-0.39, 0.29) is 24.6 Å². The first-order chi connectivity index (χ1) is 12.0. The first-order valence-corrected chi connectivity index (χ1v) is 9.04. The summed E-state index contributed by atoms with van der Waals surface area (Å²) < 4.78 is 50.1. The molecule has 2 aromatic rings. The predicted molar refractivity (Wildman–Crippen MR) is 85.7 cm³/mol. The Labute approximate surface area is 144 Å². The Kier molecular flexibility index (Phi) is 3.82. The first-order valence-electron chi connectivity index (χ1n) is 7.68. The predicted octanol–water partition coefficient (Wildman–Crippen LogP) is 2.44. The van der Waals surface area contributed by atoms with E-state index in [1.807, 2.05) is 0 Å². The minimum atomic E-state index is -4.13. The lowest BCUT2D eigenvalue weighted by Gasteiger charge is -2.31. The van der Waals surface area contributed by atoms with Gasteiger partial charge >= 0.3 is 10.3 Å². The van der Waals surface area contributed by atoms with E-state index in [2.05, 4.69) is 0 Å². The van der Waals surface area contributed by atoms with Crippen LogP contribution >= 0.6 is 0 Å². The van der Waals surface area contributed by atoms with E-state index in [1.165, 1.54) is 12.1 Å². The third kappa shape index (κ3) is 2.82. The molecule has 0 aromatic heterocycles. The van der Waals surface area contributed by atoms with Crippen molar-refractivity contribution in [2.24, 2.45) is 0 Å². The zero-order chi connectivity index (χ0) is 17.6. The maximum atomic E-state index is 13.5. The Hall–Kier alpha value is -2.29. The molecule has 0 unspecified atom stereocenters. The molecule has 25 heavy (non-hydrogen) atoms. The van der Waals surface area contributed by atoms with E-state index >= 15 is 0 Å². The summed E-state index contributed by atoms with van der Waals surface area (Å²) in [6.07, 6.45) is -1.04. The van der Waals surface area contributed by atoms with Crippen LogP contribution in [-0.2, 0) is 15.0 Å². The van der Waals surface area contributed by atoms with Crippen LogP contribution in [0.25, 0.3) is 0 Å². The van der Waals surface area contributed by atoms with Gasteiger partial charge in [-0.25, -0.2) is 4.39 Å². The SMILES string of the molecule is O=C(C[C@@H]1CO[C@H]2c3cc(F)ccc3OS(=O)(=O)N12)c1ccccc1. The molecule has 0 spiro atoms. The van der Waals surface area contributed by atoms with Crippen LogP contribution < -0.4 is 4.18 Å². The smallest absolute Gasteiger partial charge is 0.370 e. The molecule has 2 aliphatic rings. The van der Waals surface area contributed by atoms with E-state index in [0.29, 0.717) is 11.1 Å². The summed E-state index contributed by atoms with van der Waals surface area (Å²) in [5, 5.41) is 0. The molecule has 2 aromatic carbocycles. The fraction of sp³-hybridized carbons (Fsp3) is 0.235. The van der Waals surface area contributed by atoms with Crippen molar-refractivity contribution in [3.05, 3.63) is 65.5 Å². The molecule has 2 aliphatic heterocycles. The average Bonchev–Trinajstić information content (AvgIpc) is 3.01. The van der Waals surface area contributed by atoms with Crippen molar-refractivity contribution in [3.63, 3.8) is 0 Å². The minimum Gasteiger partial charge on any atom is -0.370 e. The number of fused-ring (bicyclic) bond motifs is 3. The summed E-state index contributed by atoms with van der Waals surface area (Å²) in [5.41, 5.74) is 0.789. The summed E-state index contributed by atoms with van der Waals surface area (Å²) >= 11 is 0. The summed E-state index contributed by atoms with van der Waals surface area (Å²) in [4.78, 5) is 12.4. The second kappa shape index (κ2) is 5.91. The Bertz CT molecular complexity index is 931. The number of nitrogens with zero attached hydrogens (tertiary/aromatic N) is 1. The maximum absolute atomic E-state index is 13.5. The average molecular weight is 363 g/mol. The van der Waals surface area contributed by atoms with Crippen LogP contribution in [0.15, 0.2) is 48.5 Å². The third-order valence-corrected chi connectivity index (χ3v) is 5.64. The normalized spacial score (nSPS) is 24.2. The van der Waals surface area contributed by atoms with Gasteiger partial charge in [0.2, 0.25) is 0 Å². The largest absolute Gasteiger partial charge is 0.388 e. The number of halogens is 1. The molecular weight excluding hydrogens is 349 g/mol. The van der Waals surface area contributed by atoms with Crippen LogP contribution in [0.2, 0.25) is 0 Å². The van der Waals surface area contributed by atoms with Gasteiger partial charge in [-0.1, -0.05) is 30.3 Å². The monoisotopic (exact) mass is 363 g/mol. The molecule has 1 saturated heterocycles. The second-order valence-corrected chi connectivity index (χ2v) is 7.33. The Morgan fingerprint density at radius 1 is 1.20 bits per heavy atom. The lowest BCUT2D eigenvalue weighted by molar-refractivity contribution is 0.0570. The Morgan fingerprint density at radius 2 is 1.96 bits per heavy atom. The first kappa shape index (κ1) is 16.2. The highest BCUT2D eigenvalue weighted by Crippen LogP contribution is 2.44. The molecule has 6 nitrogen and oxygen atoms in total. The van der Waals surface area contributed by atoms with Gasteiger partial charge in [-0.2, -0.15) is 8.42 Å². The highest BCUT2D eigenvalue weighted by Gasteiger charge is 2.49. The lowest BCUT2D eigenvalue weighted by Crippen LogP contribution is -2.44. The van der Waals surface area contributed by atoms with Crippen LogP contribution in [0.3, 0.4) is 0 Å². The fourth-order valence-electron chi connectivity index (χ4n) is 3.12. The van der Waals surface area contributed by atoms with Gasteiger partial charge < -0.3 is 8.92 Å². The summed E-state index contributed by atoms with van der Waals surface area (Å²) in [7, 11) is -4.13. The molecule has 0 bridgehead atoms. The minimum absolute atomic E-state index is 0.0295. The zero-order valence-electron chi connectivity index (χ0n) is 13.0. The topological polar surface area (TPSA) is 72.9 Å². The van der Waals surface area contributed by atoms with E-state index in [1.54, 1.807) is 30.3 Å². The van der Waals surface area contributed by atoms with E-state index in [0.717, 1.165) is 10.4 Å². The standard InChI is InChI=1S/C17H14FNO5S/c18-12-6-7-16-14(8-12)17-19(25(21,22)24-16)13(10-23-17)9-15(20)11-4-2-1-3-5-11/h1-8,13,17H,9-10H2/t13-,17+/m1/s1. The maximum Gasteiger partial charge on any atom is 0.388 e. The van der Waals surface area contributed by atoms with Gasteiger partial charge in [0.15, 0.2) is 17.8 Å². The number of benzene rings is 2. The summed E-state index contributed by atoms with van der Waals surface area (Å²) in [6.45, 7) is 0.0295. The fourth-order valence-corrected chi connectivity index (χ4v) is 4.49. The van der Waals surface area contributed by atoms with Crippen molar-refractivity contribution in [1.82, 2.24) is 4.31 Å². The van der Waals surface area contributed by atoms with Gasteiger partial charge in [-0.15, -0.1) is 4.31 Å². The molecule has 4 rings (SSSR count). The molecule has 8 heteroatoms. The molecule has 0 radical (unpaired) electrons. The number of ketones is 1. The number of hydrogen-bond donors (Lipinski definition) is 0. The van der Waals surface area contributed by atoms with Crippen molar-refractivity contribution in [3.8, 4) is 5.75 Å². The molecule has 2 atom stereocenters. The van der Waals surface area contributed by atoms with Crippen LogP contribution in [0.5, 0.6) is 5.75 Å². The molecule has 1 fully saturated rings. The number of carbonyl (C=O) groups excluding carboxylic acids is 1. The number of rotatable bonds is 3. The molecule has 0 saturated carbocycles. The van der Waals surface area contributed by atoms with Gasteiger partial charge in [0, 0.05) is 17.5 Å². The van der Waals surface area contributed by atoms with Crippen LogP contribution in [0.4, 0.5) is 4.39 Å². The molecule has 0 N–H and O–H groups in total. The van der Waals surface area contributed by atoms with Gasteiger partial charge in [0.05, 0.1) is 12.6 Å². The van der Waals surface area contributed by atoms with Crippen molar-refractivity contribution < 1.29 is 26.5 Å². The van der Waals surface area contributed by atoms with Crippen molar-refractivity contribution in [2.45, 2.75) is 18.7 Å². The molecular formula is C17H14FNO5S. The van der Waals surface area contributed by atoms with Gasteiger partial charge in [0.1, 0.15) is 5.82 Å². The number of hydrogen-bond acceptors (Lipinski definition) is 5. The molecule has 0 amide bonds. The second-order valence-electron chi connectivity index (χ2n) is 5.89. The Balaban J connectivity index is 1.65. The van der Waals surface area contributed by atoms with E-state index in [4.69, 9.17) is 8.92 Å². The molecule has 2 heterocycles. The Morgan fingerprint density at radius 3 is 2.72 bits per heavy atom. The van der Waals surface area contributed by atoms with E-state index in [9.17, 15) is 17.6 Å². The highest BCUT2D eigenvalue weighted by molar-refractivity contribution is 7.84. The number of ether oxygens (including phenoxy) is 1. The number of carbonyl (C=O) groups is 1. The number of Topliss-reactive ketones (excluding diaryl/α,β-unsaturated/α-hetero) is 1. The highest BCUT2D eigenvalue weighted by atomic mass is 32.2. The molecule has 0 aliphatic carbocycles. The van der Waals surface area contributed by atoms with Crippen molar-refractivity contribution in [1.29, 1.82) is 0 Å². The van der Waals surface area contributed by atoms with Crippen molar-refractivity contribution >= 4 is 16.1 Å². The zero-order valence-corrected chi connectivity index (χ0v) is 13.8. The van der Waals surface area contributed by atoms with Gasteiger partial charge in [-0.3, -0.25) is 4.79 Å². The van der Waals surface area contributed by atoms with Gasteiger partial charge in [-0.05, 0) is 18.2 Å². The lowest BCUT2D eigenvalue weighted by atomic mass is 10.0.